The highest BCUT2D eigenvalue weighted by Crippen LogP contribution is 2.17. The highest BCUT2D eigenvalue weighted by molar-refractivity contribution is 6.04. The zero-order valence-corrected chi connectivity index (χ0v) is 16.1. The van der Waals surface area contributed by atoms with Crippen LogP contribution in [0.1, 0.15) is 17.3 Å². The van der Waals surface area contributed by atoms with E-state index in [-0.39, 0.29) is 18.4 Å². The number of rotatable bonds is 8. The molecule has 0 fully saturated rings. The predicted molar refractivity (Wildman–Crippen MR) is 116 cm³/mol. The minimum Gasteiger partial charge on any atom is -0.494 e. The first kappa shape index (κ1) is 19.9. The smallest absolute Gasteiger partial charge is 0.255 e. The minimum atomic E-state index is -0.184. The Bertz CT molecular complexity index is 957. The van der Waals surface area contributed by atoms with E-state index in [1.54, 1.807) is 36.4 Å². The normalized spacial score (nSPS) is 10.1. The van der Waals surface area contributed by atoms with Gasteiger partial charge in [-0.15, -0.1) is 0 Å². The summed E-state index contributed by atoms with van der Waals surface area (Å²) in [6.07, 6.45) is 0. The maximum Gasteiger partial charge on any atom is 0.255 e. The van der Waals surface area contributed by atoms with Gasteiger partial charge in [-0.2, -0.15) is 0 Å². The average Bonchev–Trinajstić information content (AvgIpc) is 2.75. The largest absolute Gasteiger partial charge is 0.494 e. The topological polar surface area (TPSA) is 79.5 Å². The maximum atomic E-state index is 12.3. The number of hydrogen-bond acceptors (Lipinski definition) is 4. The van der Waals surface area contributed by atoms with Gasteiger partial charge >= 0.3 is 0 Å². The molecule has 0 saturated heterocycles. The fourth-order valence-corrected chi connectivity index (χ4v) is 2.69. The summed E-state index contributed by atoms with van der Waals surface area (Å²) in [6, 6.07) is 23.4. The second kappa shape index (κ2) is 9.94. The second-order valence-corrected chi connectivity index (χ2v) is 6.26. The van der Waals surface area contributed by atoms with Crippen molar-refractivity contribution in [1.82, 2.24) is 0 Å². The van der Waals surface area contributed by atoms with Crippen molar-refractivity contribution in [3.63, 3.8) is 0 Å². The maximum absolute atomic E-state index is 12.3. The summed E-state index contributed by atoms with van der Waals surface area (Å²) in [7, 11) is 0. The van der Waals surface area contributed by atoms with E-state index in [9.17, 15) is 9.59 Å². The van der Waals surface area contributed by atoms with E-state index in [1.807, 2.05) is 49.4 Å². The van der Waals surface area contributed by atoms with Gasteiger partial charge in [0.15, 0.2) is 0 Å². The predicted octanol–water partition coefficient (Wildman–Crippen LogP) is 4.39. The van der Waals surface area contributed by atoms with E-state index in [2.05, 4.69) is 16.0 Å². The van der Waals surface area contributed by atoms with E-state index < -0.39 is 0 Å². The van der Waals surface area contributed by atoms with Crippen LogP contribution in [0.25, 0.3) is 0 Å². The van der Waals surface area contributed by atoms with Gasteiger partial charge < -0.3 is 20.7 Å². The summed E-state index contributed by atoms with van der Waals surface area (Å²) < 4.78 is 5.38. The molecular weight excluding hydrogens is 366 g/mol. The lowest BCUT2D eigenvalue weighted by molar-refractivity contribution is -0.114. The monoisotopic (exact) mass is 389 g/mol. The Balaban J connectivity index is 1.52. The molecular formula is C23H23N3O3. The fraction of sp³-hybridized carbons (Fsp3) is 0.130. The van der Waals surface area contributed by atoms with Crippen LogP contribution in [-0.4, -0.2) is 25.0 Å². The number of anilines is 3. The Labute approximate surface area is 169 Å². The molecule has 3 rings (SSSR count). The van der Waals surface area contributed by atoms with Crippen LogP contribution >= 0.6 is 0 Å². The van der Waals surface area contributed by atoms with Crippen molar-refractivity contribution in [2.45, 2.75) is 6.92 Å². The van der Waals surface area contributed by atoms with Gasteiger partial charge in [0.2, 0.25) is 5.91 Å². The highest BCUT2D eigenvalue weighted by Gasteiger charge is 2.07. The van der Waals surface area contributed by atoms with Gasteiger partial charge in [0.1, 0.15) is 5.75 Å². The van der Waals surface area contributed by atoms with Crippen LogP contribution in [-0.2, 0) is 4.79 Å². The molecule has 0 unspecified atom stereocenters. The molecule has 148 valence electrons. The molecule has 0 heterocycles. The number of ether oxygens (including phenoxy) is 1. The van der Waals surface area contributed by atoms with Crippen molar-refractivity contribution in [3.05, 3.63) is 84.4 Å². The van der Waals surface area contributed by atoms with Crippen molar-refractivity contribution >= 4 is 28.9 Å². The Morgan fingerprint density at radius 2 is 1.52 bits per heavy atom. The van der Waals surface area contributed by atoms with Crippen LogP contribution in [0.2, 0.25) is 0 Å². The van der Waals surface area contributed by atoms with Crippen LogP contribution in [0, 0.1) is 0 Å². The van der Waals surface area contributed by atoms with Gasteiger partial charge in [-0.1, -0.05) is 24.3 Å². The molecule has 0 aromatic heterocycles. The quantitative estimate of drug-likeness (QED) is 0.534. The molecule has 0 bridgehead atoms. The minimum absolute atomic E-state index is 0.100. The lowest BCUT2D eigenvalue weighted by Gasteiger charge is -2.10. The van der Waals surface area contributed by atoms with E-state index in [1.165, 1.54) is 0 Å². The Morgan fingerprint density at radius 3 is 2.24 bits per heavy atom. The summed E-state index contributed by atoms with van der Waals surface area (Å²) in [4.78, 5) is 24.4. The summed E-state index contributed by atoms with van der Waals surface area (Å²) in [5, 5.41) is 8.74. The van der Waals surface area contributed by atoms with Crippen LogP contribution < -0.4 is 20.7 Å². The molecule has 29 heavy (non-hydrogen) atoms. The first-order chi connectivity index (χ1) is 14.1. The molecule has 3 aromatic rings. The van der Waals surface area contributed by atoms with Crippen molar-refractivity contribution in [3.8, 4) is 5.75 Å². The Hall–Kier alpha value is -3.80. The Kier molecular flexibility index (Phi) is 6.84. The zero-order chi connectivity index (χ0) is 20.5. The van der Waals surface area contributed by atoms with Crippen molar-refractivity contribution in [1.29, 1.82) is 0 Å². The number of benzene rings is 3. The zero-order valence-electron chi connectivity index (χ0n) is 16.1. The molecule has 0 saturated carbocycles. The standard InChI is InChI=1S/C23H23N3O3/c1-2-29-21-13-11-18(12-14-21)25-22(27)16-24-19-9-6-10-20(15-19)26-23(28)17-7-4-3-5-8-17/h3-15,24H,2,16H2,1H3,(H,25,27)(H,26,28). The summed E-state index contributed by atoms with van der Waals surface area (Å²) in [6.45, 7) is 2.62. The van der Waals surface area contributed by atoms with E-state index in [4.69, 9.17) is 4.74 Å². The number of carbonyl (C=O) groups excluding carboxylic acids is 2. The van der Waals surface area contributed by atoms with Gasteiger partial charge in [0.05, 0.1) is 13.2 Å². The first-order valence-corrected chi connectivity index (χ1v) is 9.37. The number of hydrogen-bond donors (Lipinski definition) is 3. The number of carbonyl (C=O) groups is 2. The number of amides is 2. The van der Waals surface area contributed by atoms with Gasteiger partial charge in [0, 0.05) is 22.6 Å². The molecule has 0 aliphatic rings. The van der Waals surface area contributed by atoms with Gasteiger partial charge in [0.25, 0.3) is 5.91 Å². The molecule has 0 aliphatic carbocycles. The van der Waals surface area contributed by atoms with Crippen LogP contribution in [0.5, 0.6) is 5.75 Å². The highest BCUT2D eigenvalue weighted by atomic mass is 16.5. The van der Waals surface area contributed by atoms with E-state index in [0.717, 1.165) is 11.4 Å². The molecule has 0 aliphatic heterocycles. The third-order valence-corrected chi connectivity index (χ3v) is 4.06. The molecule has 0 radical (unpaired) electrons. The molecule has 0 atom stereocenters. The van der Waals surface area contributed by atoms with Crippen molar-refractivity contribution < 1.29 is 14.3 Å². The average molecular weight is 389 g/mol. The molecule has 6 nitrogen and oxygen atoms in total. The van der Waals surface area contributed by atoms with E-state index in [0.29, 0.717) is 23.5 Å². The second-order valence-electron chi connectivity index (χ2n) is 6.26. The van der Waals surface area contributed by atoms with Crippen LogP contribution in [0.3, 0.4) is 0 Å². The summed E-state index contributed by atoms with van der Waals surface area (Å²) in [5.74, 6) is 0.405. The SMILES string of the molecule is CCOc1ccc(NC(=O)CNc2cccc(NC(=O)c3ccccc3)c2)cc1. The Morgan fingerprint density at radius 1 is 0.793 bits per heavy atom. The summed E-state index contributed by atoms with van der Waals surface area (Å²) in [5.41, 5.74) is 2.67. The van der Waals surface area contributed by atoms with Crippen LogP contribution in [0.4, 0.5) is 17.1 Å². The van der Waals surface area contributed by atoms with Crippen LogP contribution in [0.15, 0.2) is 78.9 Å². The fourth-order valence-electron chi connectivity index (χ4n) is 2.69. The first-order valence-electron chi connectivity index (χ1n) is 9.37. The van der Waals surface area contributed by atoms with Gasteiger partial charge in [-0.25, -0.2) is 0 Å². The molecule has 3 N–H and O–H groups in total. The van der Waals surface area contributed by atoms with Crippen molar-refractivity contribution in [2.24, 2.45) is 0 Å². The molecule has 6 heteroatoms. The molecule has 3 aromatic carbocycles. The van der Waals surface area contributed by atoms with Crippen molar-refractivity contribution in [2.75, 3.05) is 29.1 Å². The molecule has 2 amide bonds. The molecule has 0 spiro atoms. The van der Waals surface area contributed by atoms with E-state index >= 15 is 0 Å². The lowest BCUT2D eigenvalue weighted by Crippen LogP contribution is -2.21. The van der Waals surface area contributed by atoms with Gasteiger partial charge in [-0.05, 0) is 61.5 Å². The third-order valence-electron chi connectivity index (χ3n) is 4.06. The number of nitrogens with one attached hydrogen (secondary N) is 3. The summed E-state index contributed by atoms with van der Waals surface area (Å²) >= 11 is 0. The third kappa shape index (κ3) is 6.10. The van der Waals surface area contributed by atoms with Gasteiger partial charge in [-0.3, -0.25) is 9.59 Å². The lowest BCUT2D eigenvalue weighted by atomic mass is 10.2.